The van der Waals surface area contributed by atoms with Crippen molar-refractivity contribution in [3.05, 3.63) is 41.8 Å². The van der Waals surface area contributed by atoms with Gasteiger partial charge < -0.3 is 14.6 Å². The Hall–Kier alpha value is -2.30. The third-order valence-electron chi connectivity index (χ3n) is 5.61. The monoisotopic (exact) mass is 386 g/mol. The van der Waals surface area contributed by atoms with Gasteiger partial charge >= 0.3 is 6.09 Å². The Kier molecular flexibility index (Phi) is 7.12. The molecule has 152 valence electrons. The van der Waals surface area contributed by atoms with Gasteiger partial charge in [0.15, 0.2) is 5.75 Å². The molecule has 5 heteroatoms. The second-order valence-electron chi connectivity index (χ2n) is 7.77. The van der Waals surface area contributed by atoms with E-state index in [1.807, 2.05) is 19.1 Å². The summed E-state index contributed by atoms with van der Waals surface area (Å²) in [6.07, 6.45) is 7.78. The fourth-order valence-electron chi connectivity index (χ4n) is 3.98. The lowest BCUT2D eigenvalue weighted by atomic mass is 9.89. The normalized spacial score (nSPS) is 14.8. The summed E-state index contributed by atoms with van der Waals surface area (Å²) in [5.41, 5.74) is 2.62. The van der Waals surface area contributed by atoms with Crippen LogP contribution in [0.3, 0.4) is 0 Å². The number of nitrogens with zero attached hydrogens (tertiary/aromatic N) is 1. The van der Waals surface area contributed by atoms with Crippen molar-refractivity contribution in [3.8, 4) is 17.0 Å². The van der Waals surface area contributed by atoms with E-state index in [9.17, 15) is 9.18 Å². The van der Waals surface area contributed by atoms with Gasteiger partial charge in [0.1, 0.15) is 5.82 Å². The highest BCUT2D eigenvalue weighted by Crippen LogP contribution is 2.34. The molecule has 1 saturated carbocycles. The van der Waals surface area contributed by atoms with Crippen LogP contribution in [0.2, 0.25) is 0 Å². The predicted molar refractivity (Wildman–Crippen MR) is 110 cm³/mol. The van der Waals surface area contributed by atoms with Crippen LogP contribution >= 0.6 is 0 Å². The summed E-state index contributed by atoms with van der Waals surface area (Å²) >= 11 is 0. The van der Waals surface area contributed by atoms with Crippen molar-refractivity contribution < 1.29 is 13.9 Å². The number of nitrogens with one attached hydrogen (secondary N) is 1. The van der Waals surface area contributed by atoms with Crippen LogP contribution in [0.4, 0.5) is 9.18 Å². The molecule has 1 aliphatic rings. The van der Waals surface area contributed by atoms with Gasteiger partial charge in [-0.2, -0.15) is 0 Å². The first-order chi connectivity index (χ1) is 13.6. The molecule has 0 spiro atoms. The zero-order chi connectivity index (χ0) is 19.9. The number of ether oxygens (including phenoxy) is 1. The molecule has 0 bridgehead atoms. The largest absolute Gasteiger partial charge is 0.412 e. The van der Waals surface area contributed by atoms with Crippen LogP contribution in [0.25, 0.3) is 11.3 Å². The molecule has 1 aromatic heterocycles. The van der Waals surface area contributed by atoms with E-state index in [1.54, 1.807) is 6.07 Å². The van der Waals surface area contributed by atoms with Crippen molar-refractivity contribution in [2.75, 3.05) is 6.54 Å². The number of rotatable bonds is 7. The number of carbonyl (C=O) groups excluding carboxylic acids is 1. The first-order valence-corrected chi connectivity index (χ1v) is 10.5. The number of aromatic nitrogens is 1. The minimum absolute atomic E-state index is 0.264. The van der Waals surface area contributed by atoms with Gasteiger partial charge in [0, 0.05) is 24.7 Å². The van der Waals surface area contributed by atoms with Crippen LogP contribution in [0.1, 0.15) is 57.6 Å². The van der Waals surface area contributed by atoms with Gasteiger partial charge in [-0.25, -0.2) is 9.18 Å². The number of halogens is 1. The number of unbranched alkanes of at least 4 members (excludes halogenated alkanes) is 1. The Bertz CT molecular complexity index is 794. The standard InChI is InChI=1S/C23H31FN2O2/c1-3-4-13-25-23(27)28-22-15-21(19-11-8-12-20(24)14-19)26(17(22)2)16-18-9-6-5-7-10-18/h8,11-12,14-15,18H,3-7,9-10,13,16H2,1-2H3,(H,25,27). The maximum Gasteiger partial charge on any atom is 0.412 e. The third-order valence-corrected chi connectivity index (χ3v) is 5.61. The topological polar surface area (TPSA) is 43.3 Å². The van der Waals surface area contributed by atoms with E-state index in [1.165, 1.54) is 44.2 Å². The predicted octanol–water partition coefficient (Wildman–Crippen LogP) is 6.07. The minimum atomic E-state index is -0.433. The zero-order valence-corrected chi connectivity index (χ0v) is 17.0. The molecule has 28 heavy (non-hydrogen) atoms. The van der Waals surface area contributed by atoms with Gasteiger partial charge in [-0.1, -0.05) is 44.7 Å². The van der Waals surface area contributed by atoms with E-state index in [4.69, 9.17) is 4.74 Å². The number of hydrogen-bond acceptors (Lipinski definition) is 2. The van der Waals surface area contributed by atoms with Crippen molar-refractivity contribution in [3.63, 3.8) is 0 Å². The van der Waals surface area contributed by atoms with Gasteiger partial charge in [0.2, 0.25) is 0 Å². The molecular formula is C23H31FN2O2. The van der Waals surface area contributed by atoms with Crippen molar-refractivity contribution in [1.29, 1.82) is 0 Å². The molecule has 4 nitrogen and oxygen atoms in total. The number of benzene rings is 1. The SMILES string of the molecule is CCCCNC(=O)Oc1cc(-c2cccc(F)c2)n(CC2CCCCC2)c1C. The number of carbonyl (C=O) groups is 1. The van der Waals surface area contributed by atoms with E-state index in [2.05, 4.69) is 16.8 Å². The van der Waals surface area contributed by atoms with Crippen LogP contribution in [-0.2, 0) is 6.54 Å². The van der Waals surface area contributed by atoms with E-state index >= 15 is 0 Å². The average Bonchev–Trinajstić information content (AvgIpc) is 2.99. The molecule has 3 rings (SSSR count). The second kappa shape index (κ2) is 9.76. The van der Waals surface area contributed by atoms with Crippen LogP contribution < -0.4 is 10.1 Å². The van der Waals surface area contributed by atoms with Gasteiger partial charge in [-0.3, -0.25) is 0 Å². The van der Waals surface area contributed by atoms with E-state index < -0.39 is 6.09 Å². The molecule has 1 heterocycles. The summed E-state index contributed by atoms with van der Waals surface area (Å²) in [5.74, 6) is 0.891. The van der Waals surface area contributed by atoms with Crippen LogP contribution in [0.5, 0.6) is 5.75 Å². The number of amides is 1. The van der Waals surface area contributed by atoms with Crippen molar-refractivity contribution in [2.45, 2.75) is 65.3 Å². The first-order valence-electron chi connectivity index (χ1n) is 10.5. The van der Waals surface area contributed by atoms with E-state index in [-0.39, 0.29) is 5.82 Å². The molecule has 1 fully saturated rings. The maximum atomic E-state index is 13.8. The average molecular weight is 387 g/mol. The minimum Gasteiger partial charge on any atom is -0.408 e. The Labute approximate surface area is 167 Å². The van der Waals surface area contributed by atoms with Crippen molar-refractivity contribution >= 4 is 6.09 Å². The Morgan fingerprint density at radius 3 is 2.75 bits per heavy atom. The smallest absolute Gasteiger partial charge is 0.408 e. The van der Waals surface area contributed by atoms with Gasteiger partial charge in [-0.15, -0.1) is 0 Å². The molecule has 1 N–H and O–H groups in total. The Balaban J connectivity index is 1.86. The maximum absolute atomic E-state index is 13.8. The fraction of sp³-hybridized carbons (Fsp3) is 0.522. The fourth-order valence-corrected chi connectivity index (χ4v) is 3.98. The second-order valence-corrected chi connectivity index (χ2v) is 7.77. The quantitative estimate of drug-likeness (QED) is 0.587. The van der Waals surface area contributed by atoms with E-state index in [0.717, 1.165) is 36.3 Å². The lowest BCUT2D eigenvalue weighted by Gasteiger charge is -2.24. The molecule has 0 atom stereocenters. The van der Waals surface area contributed by atoms with E-state index in [0.29, 0.717) is 18.2 Å². The lowest BCUT2D eigenvalue weighted by molar-refractivity contribution is 0.200. The highest BCUT2D eigenvalue weighted by atomic mass is 19.1. The molecule has 0 radical (unpaired) electrons. The molecule has 0 unspecified atom stereocenters. The molecule has 0 aliphatic heterocycles. The van der Waals surface area contributed by atoms with Gasteiger partial charge in [-0.05, 0) is 44.2 Å². The van der Waals surface area contributed by atoms with Gasteiger partial charge in [0.05, 0.1) is 11.4 Å². The Morgan fingerprint density at radius 2 is 2.04 bits per heavy atom. The van der Waals surface area contributed by atoms with Crippen LogP contribution in [0.15, 0.2) is 30.3 Å². The summed E-state index contributed by atoms with van der Waals surface area (Å²) in [4.78, 5) is 12.1. The summed E-state index contributed by atoms with van der Waals surface area (Å²) in [5, 5.41) is 2.79. The third kappa shape index (κ3) is 5.15. The Morgan fingerprint density at radius 1 is 1.25 bits per heavy atom. The molecule has 1 aromatic carbocycles. The van der Waals surface area contributed by atoms with Crippen LogP contribution in [-0.4, -0.2) is 17.2 Å². The number of hydrogen-bond donors (Lipinski definition) is 1. The molecular weight excluding hydrogens is 355 g/mol. The summed E-state index contributed by atoms with van der Waals surface area (Å²) < 4.78 is 21.6. The zero-order valence-electron chi connectivity index (χ0n) is 17.0. The molecule has 1 aliphatic carbocycles. The molecule has 1 amide bonds. The first kappa shape index (κ1) is 20.4. The summed E-state index contributed by atoms with van der Waals surface area (Å²) in [6, 6.07) is 8.48. The summed E-state index contributed by atoms with van der Waals surface area (Å²) in [6.45, 7) is 5.53. The highest BCUT2D eigenvalue weighted by Gasteiger charge is 2.21. The van der Waals surface area contributed by atoms with Crippen LogP contribution in [0, 0.1) is 18.7 Å². The van der Waals surface area contributed by atoms with Crippen molar-refractivity contribution in [2.24, 2.45) is 5.92 Å². The molecule has 0 saturated heterocycles. The molecule has 2 aromatic rings. The lowest BCUT2D eigenvalue weighted by Crippen LogP contribution is -2.27. The summed E-state index contributed by atoms with van der Waals surface area (Å²) in [7, 11) is 0. The van der Waals surface area contributed by atoms with Gasteiger partial charge in [0.25, 0.3) is 0 Å². The van der Waals surface area contributed by atoms with Crippen molar-refractivity contribution in [1.82, 2.24) is 9.88 Å². The highest BCUT2D eigenvalue weighted by molar-refractivity contribution is 5.72.